The second kappa shape index (κ2) is 8.61. The SMILES string of the molecule is CC[C@H]1C(=O)N(Cc2ccc3c(N)ncnc3c2)CCN1Cc1cc2ccc(Cl)nc2s1. The van der Waals surface area contributed by atoms with Crippen LogP contribution in [0.4, 0.5) is 5.82 Å². The lowest BCUT2D eigenvalue weighted by Crippen LogP contribution is -2.55. The molecule has 4 aromatic rings. The summed E-state index contributed by atoms with van der Waals surface area (Å²) >= 11 is 7.67. The van der Waals surface area contributed by atoms with E-state index in [4.69, 9.17) is 17.3 Å². The molecule has 1 saturated heterocycles. The van der Waals surface area contributed by atoms with Crippen LogP contribution in [0.1, 0.15) is 23.8 Å². The highest BCUT2D eigenvalue weighted by molar-refractivity contribution is 7.18. The summed E-state index contributed by atoms with van der Waals surface area (Å²) in [6.07, 6.45) is 2.24. The fourth-order valence-corrected chi connectivity index (χ4v) is 5.58. The molecule has 3 aromatic heterocycles. The van der Waals surface area contributed by atoms with Crippen LogP contribution < -0.4 is 5.73 Å². The number of benzene rings is 1. The summed E-state index contributed by atoms with van der Waals surface area (Å²) in [6, 6.07) is 11.7. The van der Waals surface area contributed by atoms with E-state index >= 15 is 0 Å². The van der Waals surface area contributed by atoms with Gasteiger partial charge in [0.2, 0.25) is 5.91 Å². The number of hydrogen-bond donors (Lipinski definition) is 1. The van der Waals surface area contributed by atoms with Crippen LogP contribution in [-0.4, -0.2) is 49.8 Å². The summed E-state index contributed by atoms with van der Waals surface area (Å²) in [5.41, 5.74) is 7.77. The van der Waals surface area contributed by atoms with Gasteiger partial charge < -0.3 is 10.6 Å². The van der Waals surface area contributed by atoms with Gasteiger partial charge in [-0.3, -0.25) is 9.69 Å². The molecule has 32 heavy (non-hydrogen) atoms. The van der Waals surface area contributed by atoms with Gasteiger partial charge >= 0.3 is 0 Å². The number of anilines is 1. The zero-order valence-electron chi connectivity index (χ0n) is 17.7. The summed E-state index contributed by atoms with van der Waals surface area (Å²) in [4.78, 5) is 32.4. The molecule has 9 heteroatoms. The Hall–Kier alpha value is -2.81. The molecule has 0 bridgehead atoms. The molecule has 4 heterocycles. The van der Waals surface area contributed by atoms with Crippen molar-refractivity contribution in [3.63, 3.8) is 0 Å². The van der Waals surface area contributed by atoms with Crippen molar-refractivity contribution in [3.05, 3.63) is 58.3 Å². The highest BCUT2D eigenvalue weighted by atomic mass is 35.5. The van der Waals surface area contributed by atoms with Gasteiger partial charge in [0, 0.05) is 41.8 Å². The van der Waals surface area contributed by atoms with Crippen molar-refractivity contribution in [1.29, 1.82) is 0 Å². The number of amides is 1. The molecule has 0 spiro atoms. The van der Waals surface area contributed by atoms with E-state index in [0.717, 1.165) is 46.2 Å². The van der Waals surface area contributed by atoms with E-state index in [1.165, 1.54) is 11.2 Å². The van der Waals surface area contributed by atoms with Gasteiger partial charge in [0.15, 0.2) is 0 Å². The van der Waals surface area contributed by atoms with Crippen LogP contribution in [0.3, 0.4) is 0 Å². The van der Waals surface area contributed by atoms with Crippen LogP contribution in [0.5, 0.6) is 0 Å². The molecular formula is C23H23ClN6OS. The molecule has 1 fully saturated rings. The van der Waals surface area contributed by atoms with Gasteiger partial charge in [-0.2, -0.15) is 0 Å². The lowest BCUT2D eigenvalue weighted by atomic mass is 10.1. The third-order valence-electron chi connectivity index (χ3n) is 5.95. The number of halogens is 1. The molecular weight excluding hydrogens is 444 g/mol. The van der Waals surface area contributed by atoms with Gasteiger partial charge in [0.05, 0.1) is 11.6 Å². The molecule has 0 aliphatic carbocycles. The maximum atomic E-state index is 13.3. The Labute approximate surface area is 194 Å². The number of nitrogens with two attached hydrogens (primary N) is 1. The minimum absolute atomic E-state index is 0.135. The normalized spacial score (nSPS) is 17.5. The number of pyridine rings is 1. The number of nitrogen functional groups attached to an aromatic ring is 1. The van der Waals surface area contributed by atoms with E-state index in [2.05, 4.69) is 32.8 Å². The van der Waals surface area contributed by atoms with Gasteiger partial charge in [-0.05, 0) is 42.3 Å². The third-order valence-corrected chi connectivity index (χ3v) is 7.19. The number of thiophene rings is 1. The van der Waals surface area contributed by atoms with Crippen LogP contribution in [-0.2, 0) is 17.9 Å². The monoisotopic (exact) mass is 466 g/mol. The number of carbonyl (C=O) groups is 1. The van der Waals surface area contributed by atoms with E-state index in [0.29, 0.717) is 24.1 Å². The maximum Gasteiger partial charge on any atom is 0.240 e. The molecule has 1 atom stereocenters. The van der Waals surface area contributed by atoms with Gasteiger partial charge in [-0.1, -0.05) is 24.6 Å². The summed E-state index contributed by atoms with van der Waals surface area (Å²) < 4.78 is 0. The highest BCUT2D eigenvalue weighted by Crippen LogP contribution is 2.28. The predicted molar refractivity (Wildman–Crippen MR) is 128 cm³/mol. The minimum atomic E-state index is -0.135. The van der Waals surface area contributed by atoms with Crippen molar-refractivity contribution >= 4 is 55.8 Å². The topological polar surface area (TPSA) is 88.2 Å². The number of nitrogens with zero attached hydrogens (tertiary/aromatic N) is 5. The zero-order chi connectivity index (χ0) is 22.2. The van der Waals surface area contributed by atoms with Crippen LogP contribution in [0.15, 0.2) is 42.7 Å². The molecule has 0 radical (unpaired) electrons. The third kappa shape index (κ3) is 4.01. The molecule has 7 nitrogen and oxygen atoms in total. The first kappa shape index (κ1) is 21.1. The molecule has 164 valence electrons. The molecule has 0 unspecified atom stereocenters. The number of rotatable bonds is 5. The standard InChI is InChI=1S/C23H23ClN6OS/c1-2-19-23(31)30(11-14-3-5-17-18(9-14)26-13-27-21(17)25)8-7-29(19)12-16-10-15-4-6-20(24)28-22(15)32-16/h3-6,9-10,13,19H,2,7-8,11-12H2,1H3,(H2,25,26,27)/t19-/m0/s1. The first-order valence-electron chi connectivity index (χ1n) is 10.6. The quantitative estimate of drug-likeness (QED) is 0.445. The number of carbonyl (C=O) groups excluding carboxylic acids is 1. The van der Waals surface area contributed by atoms with E-state index in [-0.39, 0.29) is 11.9 Å². The van der Waals surface area contributed by atoms with E-state index < -0.39 is 0 Å². The molecule has 1 amide bonds. The molecule has 1 aliphatic rings. The Balaban J connectivity index is 1.31. The van der Waals surface area contributed by atoms with Crippen LogP contribution >= 0.6 is 22.9 Å². The maximum absolute atomic E-state index is 13.3. The Morgan fingerprint density at radius 2 is 2.03 bits per heavy atom. The lowest BCUT2D eigenvalue weighted by molar-refractivity contribution is -0.143. The Kier molecular flexibility index (Phi) is 5.67. The first-order chi connectivity index (χ1) is 15.5. The van der Waals surface area contributed by atoms with Crippen molar-refractivity contribution in [2.45, 2.75) is 32.5 Å². The Morgan fingerprint density at radius 1 is 1.16 bits per heavy atom. The predicted octanol–water partition coefficient (Wildman–Crippen LogP) is 4.10. The molecule has 2 N–H and O–H groups in total. The summed E-state index contributed by atoms with van der Waals surface area (Å²) in [5, 5.41) is 2.43. The average Bonchev–Trinajstić information content (AvgIpc) is 3.17. The molecule has 1 aromatic carbocycles. The van der Waals surface area contributed by atoms with Crippen molar-refractivity contribution in [1.82, 2.24) is 24.8 Å². The van der Waals surface area contributed by atoms with Crippen molar-refractivity contribution in [2.24, 2.45) is 0 Å². The van der Waals surface area contributed by atoms with Gasteiger partial charge in [-0.15, -0.1) is 11.3 Å². The van der Waals surface area contributed by atoms with Crippen LogP contribution in [0.2, 0.25) is 5.15 Å². The summed E-state index contributed by atoms with van der Waals surface area (Å²) in [6.45, 7) is 4.89. The fourth-order valence-electron chi connectivity index (χ4n) is 4.33. The fraction of sp³-hybridized carbons (Fsp3) is 0.304. The second-order valence-electron chi connectivity index (χ2n) is 8.01. The number of hydrogen-bond acceptors (Lipinski definition) is 7. The van der Waals surface area contributed by atoms with E-state index in [1.54, 1.807) is 11.3 Å². The Morgan fingerprint density at radius 3 is 2.88 bits per heavy atom. The van der Waals surface area contributed by atoms with Gasteiger partial charge in [0.25, 0.3) is 0 Å². The van der Waals surface area contributed by atoms with Crippen molar-refractivity contribution in [2.75, 3.05) is 18.8 Å². The van der Waals surface area contributed by atoms with E-state index in [9.17, 15) is 4.79 Å². The van der Waals surface area contributed by atoms with E-state index in [1.807, 2.05) is 35.2 Å². The van der Waals surface area contributed by atoms with Crippen molar-refractivity contribution < 1.29 is 4.79 Å². The highest BCUT2D eigenvalue weighted by Gasteiger charge is 2.33. The second-order valence-corrected chi connectivity index (χ2v) is 9.51. The lowest BCUT2D eigenvalue weighted by Gasteiger charge is -2.40. The Bertz CT molecular complexity index is 1310. The van der Waals surface area contributed by atoms with Crippen LogP contribution in [0.25, 0.3) is 21.1 Å². The largest absolute Gasteiger partial charge is 0.383 e. The van der Waals surface area contributed by atoms with Crippen LogP contribution in [0, 0.1) is 0 Å². The van der Waals surface area contributed by atoms with Gasteiger partial charge in [-0.25, -0.2) is 15.0 Å². The smallest absolute Gasteiger partial charge is 0.240 e. The summed E-state index contributed by atoms with van der Waals surface area (Å²) in [7, 11) is 0. The first-order valence-corrected chi connectivity index (χ1v) is 11.8. The van der Waals surface area contributed by atoms with Gasteiger partial charge in [0.1, 0.15) is 22.1 Å². The molecule has 0 saturated carbocycles. The summed E-state index contributed by atoms with van der Waals surface area (Å²) in [5.74, 6) is 0.638. The number of fused-ring (bicyclic) bond motifs is 2. The minimum Gasteiger partial charge on any atom is -0.383 e. The molecule has 1 aliphatic heterocycles. The number of piperazine rings is 1. The van der Waals surface area contributed by atoms with Crippen molar-refractivity contribution in [3.8, 4) is 0 Å². The average molecular weight is 467 g/mol. The molecule has 5 rings (SSSR count). The number of aromatic nitrogens is 3. The zero-order valence-corrected chi connectivity index (χ0v) is 19.2.